The van der Waals surface area contributed by atoms with Crippen LogP contribution in [0.1, 0.15) is 12.8 Å². The molecule has 0 bridgehead atoms. The van der Waals surface area contributed by atoms with Gasteiger partial charge in [0.15, 0.2) is 0 Å². The van der Waals surface area contributed by atoms with Gasteiger partial charge in [0.05, 0.1) is 4.47 Å². The van der Waals surface area contributed by atoms with Gasteiger partial charge in [-0.05, 0) is 58.7 Å². The third-order valence-corrected chi connectivity index (χ3v) is 4.68. The van der Waals surface area contributed by atoms with Crippen LogP contribution in [0, 0.1) is 0 Å². The molecule has 0 saturated carbocycles. The normalized spacial score (nSPS) is 18.1. The minimum absolute atomic E-state index is 0.339. The van der Waals surface area contributed by atoms with Crippen LogP contribution in [0.25, 0.3) is 10.8 Å². The number of nitrogens with one attached hydrogen (secondary N) is 1. The lowest BCUT2D eigenvalue weighted by atomic mass is 9.93. The zero-order valence-corrected chi connectivity index (χ0v) is 12.8. The molecular weight excluding hydrogens is 318 g/mol. The molecule has 2 N–H and O–H groups in total. The fourth-order valence-corrected chi connectivity index (χ4v) is 3.18. The average Bonchev–Trinajstić information content (AvgIpc) is 2.48. The van der Waals surface area contributed by atoms with E-state index in [1.54, 1.807) is 0 Å². The molecule has 1 saturated heterocycles. The Bertz CT molecular complexity index is 608. The molecule has 0 aromatic heterocycles. The maximum absolute atomic E-state index is 10.5. The van der Waals surface area contributed by atoms with Crippen molar-refractivity contribution in [3.8, 4) is 5.75 Å². The third kappa shape index (κ3) is 2.82. The second kappa shape index (κ2) is 5.72. The van der Waals surface area contributed by atoms with E-state index >= 15 is 0 Å². The van der Waals surface area contributed by atoms with Crippen molar-refractivity contribution in [3.05, 3.63) is 40.9 Å². The third-order valence-electron chi connectivity index (χ3n) is 3.86. The highest BCUT2D eigenvalue weighted by atomic mass is 79.9. The summed E-state index contributed by atoms with van der Waals surface area (Å²) in [6.45, 7) is 2.03. The van der Waals surface area contributed by atoms with E-state index in [9.17, 15) is 5.11 Å². The molecule has 3 nitrogen and oxygen atoms in total. The molecule has 4 heteroatoms. The molecule has 1 aliphatic heterocycles. The van der Waals surface area contributed by atoms with Crippen LogP contribution in [0.4, 0.5) is 0 Å². The first-order valence-corrected chi connectivity index (χ1v) is 7.70. The summed E-state index contributed by atoms with van der Waals surface area (Å²) in [4.78, 5) is 0. The van der Waals surface area contributed by atoms with Crippen molar-refractivity contribution < 1.29 is 9.84 Å². The Hall–Kier alpha value is -1.10. The van der Waals surface area contributed by atoms with Crippen LogP contribution in [-0.4, -0.2) is 30.4 Å². The van der Waals surface area contributed by atoms with Crippen LogP contribution in [0.2, 0.25) is 0 Å². The molecule has 0 aliphatic carbocycles. The molecule has 0 spiro atoms. The molecule has 2 aromatic rings. The van der Waals surface area contributed by atoms with E-state index in [0.717, 1.165) is 41.5 Å². The molecular formula is C16H18BrNO2. The maximum atomic E-state index is 10.5. The predicted octanol–water partition coefficient (Wildman–Crippen LogP) is 3.10. The summed E-state index contributed by atoms with van der Waals surface area (Å²) in [7, 11) is 0. The van der Waals surface area contributed by atoms with Crippen molar-refractivity contribution in [1.82, 2.24) is 5.32 Å². The van der Waals surface area contributed by atoms with Gasteiger partial charge < -0.3 is 15.2 Å². The largest absolute Gasteiger partial charge is 0.489 e. The Morgan fingerprint density at radius 3 is 2.70 bits per heavy atom. The Labute approximate surface area is 127 Å². The van der Waals surface area contributed by atoms with Gasteiger partial charge in [-0.25, -0.2) is 0 Å². The Kier molecular flexibility index (Phi) is 3.96. The van der Waals surface area contributed by atoms with E-state index in [1.165, 1.54) is 5.39 Å². The molecule has 1 heterocycles. The minimum atomic E-state index is -0.712. The quantitative estimate of drug-likeness (QED) is 0.905. The van der Waals surface area contributed by atoms with Crippen LogP contribution in [-0.2, 0) is 0 Å². The van der Waals surface area contributed by atoms with Crippen molar-refractivity contribution in [2.45, 2.75) is 18.4 Å². The number of aliphatic hydroxyl groups is 1. The lowest BCUT2D eigenvalue weighted by Crippen LogP contribution is -2.46. The maximum Gasteiger partial charge on any atom is 0.134 e. The summed E-state index contributed by atoms with van der Waals surface area (Å²) >= 11 is 3.61. The fourth-order valence-electron chi connectivity index (χ4n) is 2.57. The van der Waals surface area contributed by atoms with Gasteiger partial charge in [0.2, 0.25) is 0 Å². The minimum Gasteiger partial charge on any atom is -0.489 e. The van der Waals surface area contributed by atoms with Gasteiger partial charge in [0, 0.05) is 0 Å². The molecule has 20 heavy (non-hydrogen) atoms. The van der Waals surface area contributed by atoms with Gasteiger partial charge in [-0.15, -0.1) is 0 Å². The van der Waals surface area contributed by atoms with Crippen molar-refractivity contribution in [2.24, 2.45) is 0 Å². The number of halogens is 1. The van der Waals surface area contributed by atoms with Gasteiger partial charge in [-0.3, -0.25) is 0 Å². The van der Waals surface area contributed by atoms with Crippen LogP contribution in [0.15, 0.2) is 40.9 Å². The Balaban J connectivity index is 1.79. The second-order valence-corrected chi connectivity index (χ2v) is 6.15. The molecule has 0 unspecified atom stereocenters. The molecule has 1 aliphatic rings. The molecule has 106 valence electrons. The summed E-state index contributed by atoms with van der Waals surface area (Å²) < 4.78 is 6.81. The van der Waals surface area contributed by atoms with E-state index in [0.29, 0.717) is 6.61 Å². The molecule has 0 atom stereocenters. The first kappa shape index (κ1) is 13.9. The van der Waals surface area contributed by atoms with Gasteiger partial charge >= 0.3 is 0 Å². The van der Waals surface area contributed by atoms with E-state index < -0.39 is 5.60 Å². The smallest absolute Gasteiger partial charge is 0.134 e. The van der Waals surface area contributed by atoms with Gasteiger partial charge in [0.25, 0.3) is 0 Å². The standard InChI is InChI=1S/C16H18BrNO2/c17-15-13-4-2-1-3-12(13)5-6-14(15)20-11-16(19)7-9-18-10-8-16/h1-6,18-19H,7-11H2. The van der Waals surface area contributed by atoms with Crippen molar-refractivity contribution in [2.75, 3.05) is 19.7 Å². The van der Waals surface area contributed by atoms with E-state index in [-0.39, 0.29) is 0 Å². The second-order valence-electron chi connectivity index (χ2n) is 5.36. The van der Waals surface area contributed by atoms with E-state index in [2.05, 4.69) is 33.4 Å². The number of benzene rings is 2. The van der Waals surface area contributed by atoms with Crippen LogP contribution >= 0.6 is 15.9 Å². The van der Waals surface area contributed by atoms with Gasteiger partial charge in [-0.2, -0.15) is 0 Å². The number of hydrogen-bond acceptors (Lipinski definition) is 3. The monoisotopic (exact) mass is 335 g/mol. The van der Waals surface area contributed by atoms with Gasteiger partial charge in [0.1, 0.15) is 18.0 Å². The highest BCUT2D eigenvalue weighted by Crippen LogP contribution is 2.34. The molecule has 1 fully saturated rings. The zero-order chi connectivity index (χ0) is 14.0. The highest BCUT2D eigenvalue weighted by molar-refractivity contribution is 9.10. The zero-order valence-electron chi connectivity index (χ0n) is 11.2. The predicted molar refractivity (Wildman–Crippen MR) is 84.2 cm³/mol. The molecule has 2 aromatic carbocycles. The molecule has 0 radical (unpaired) electrons. The summed E-state index contributed by atoms with van der Waals surface area (Å²) in [5, 5.41) is 16.0. The highest BCUT2D eigenvalue weighted by Gasteiger charge is 2.30. The topological polar surface area (TPSA) is 41.5 Å². The first-order chi connectivity index (χ1) is 9.68. The fraction of sp³-hybridized carbons (Fsp3) is 0.375. The number of piperidine rings is 1. The summed E-state index contributed by atoms with van der Waals surface area (Å²) in [5.41, 5.74) is -0.712. The number of rotatable bonds is 3. The number of ether oxygens (including phenoxy) is 1. The Morgan fingerprint density at radius 2 is 1.90 bits per heavy atom. The van der Waals surface area contributed by atoms with Crippen molar-refractivity contribution in [1.29, 1.82) is 0 Å². The summed E-state index contributed by atoms with van der Waals surface area (Å²) in [6.07, 6.45) is 1.47. The molecule has 0 amide bonds. The van der Waals surface area contributed by atoms with Gasteiger partial charge in [-0.1, -0.05) is 30.3 Å². The first-order valence-electron chi connectivity index (χ1n) is 6.91. The number of fused-ring (bicyclic) bond motifs is 1. The molecule has 3 rings (SSSR count). The summed E-state index contributed by atoms with van der Waals surface area (Å²) in [6, 6.07) is 12.2. The average molecular weight is 336 g/mol. The lowest BCUT2D eigenvalue weighted by molar-refractivity contribution is -0.0287. The SMILES string of the molecule is OC1(COc2ccc3ccccc3c2Br)CCNCC1. The van der Waals surface area contributed by atoms with E-state index in [4.69, 9.17) is 4.74 Å². The van der Waals surface area contributed by atoms with Crippen molar-refractivity contribution >= 4 is 26.7 Å². The van der Waals surface area contributed by atoms with Crippen LogP contribution < -0.4 is 10.1 Å². The number of hydrogen-bond donors (Lipinski definition) is 2. The Morgan fingerprint density at radius 1 is 1.15 bits per heavy atom. The van der Waals surface area contributed by atoms with Crippen LogP contribution in [0.3, 0.4) is 0 Å². The summed E-state index contributed by atoms with van der Waals surface area (Å²) in [5.74, 6) is 0.788. The van der Waals surface area contributed by atoms with Crippen LogP contribution in [0.5, 0.6) is 5.75 Å². The van der Waals surface area contributed by atoms with Crippen molar-refractivity contribution in [3.63, 3.8) is 0 Å². The van der Waals surface area contributed by atoms with E-state index in [1.807, 2.05) is 24.3 Å². The lowest BCUT2D eigenvalue weighted by Gasteiger charge is -2.32.